The predicted octanol–water partition coefficient (Wildman–Crippen LogP) is 3.18. The van der Waals surface area contributed by atoms with Gasteiger partial charge < -0.3 is 0 Å². The van der Waals surface area contributed by atoms with Crippen LogP contribution in [-0.2, 0) is 4.79 Å². The monoisotopic (exact) mass is 168 g/mol. The second kappa shape index (κ2) is 3.59. The lowest BCUT2D eigenvalue weighted by Crippen LogP contribution is -2.28. The summed E-state index contributed by atoms with van der Waals surface area (Å²) in [6, 6.07) is 0. The largest absolute Gasteiger partial charge is 0.300 e. The average molecular weight is 168 g/mol. The summed E-state index contributed by atoms with van der Waals surface area (Å²) in [5.41, 5.74) is 0.371. The molecule has 1 fully saturated rings. The highest BCUT2D eigenvalue weighted by Crippen LogP contribution is 2.39. The van der Waals surface area contributed by atoms with Crippen molar-refractivity contribution in [3.8, 4) is 0 Å². The highest BCUT2D eigenvalue weighted by atomic mass is 16.1. The van der Waals surface area contributed by atoms with Crippen molar-refractivity contribution in [1.29, 1.82) is 0 Å². The zero-order valence-electron chi connectivity index (χ0n) is 8.52. The van der Waals surface area contributed by atoms with Crippen LogP contribution in [0.25, 0.3) is 0 Å². The number of ketones is 1. The molecule has 70 valence electrons. The van der Waals surface area contributed by atoms with Crippen molar-refractivity contribution in [3.63, 3.8) is 0 Å². The van der Waals surface area contributed by atoms with E-state index in [4.69, 9.17) is 0 Å². The van der Waals surface area contributed by atoms with E-state index in [2.05, 4.69) is 20.8 Å². The molecule has 1 saturated carbocycles. The van der Waals surface area contributed by atoms with Crippen LogP contribution in [0.4, 0.5) is 0 Å². The molecule has 0 radical (unpaired) electrons. The Morgan fingerprint density at radius 1 is 1.50 bits per heavy atom. The Kier molecular flexibility index (Phi) is 2.92. The predicted molar refractivity (Wildman–Crippen MR) is 51.0 cm³/mol. The van der Waals surface area contributed by atoms with Gasteiger partial charge >= 0.3 is 0 Å². The second-order valence-electron chi connectivity index (χ2n) is 4.67. The maximum atomic E-state index is 11.2. The minimum atomic E-state index is 0.371. The van der Waals surface area contributed by atoms with E-state index >= 15 is 0 Å². The molecule has 0 aromatic heterocycles. The van der Waals surface area contributed by atoms with Crippen LogP contribution in [0.2, 0.25) is 0 Å². The normalized spacial score (nSPS) is 25.9. The molecule has 0 aromatic carbocycles. The van der Waals surface area contributed by atoms with Gasteiger partial charge in [-0.2, -0.15) is 0 Å². The van der Waals surface area contributed by atoms with E-state index in [1.165, 1.54) is 12.8 Å². The molecule has 1 aliphatic carbocycles. The third-order valence-electron chi connectivity index (χ3n) is 3.50. The third-order valence-corrected chi connectivity index (χ3v) is 3.50. The maximum absolute atomic E-state index is 11.2. The quantitative estimate of drug-likeness (QED) is 0.619. The van der Waals surface area contributed by atoms with E-state index < -0.39 is 0 Å². The molecule has 0 N–H and O–H groups in total. The lowest BCUT2D eigenvalue weighted by molar-refractivity contribution is -0.122. The summed E-state index contributed by atoms with van der Waals surface area (Å²) in [5.74, 6) is 1.12. The molecule has 0 aliphatic heterocycles. The Hall–Kier alpha value is -0.330. The van der Waals surface area contributed by atoms with Gasteiger partial charge in [0, 0.05) is 12.8 Å². The fourth-order valence-corrected chi connectivity index (χ4v) is 1.98. The molecule has 1 rings (SSSR count). The van der Waals surface area contributed by atoms with Crippen molar-refractivity contribution in [3.05, 3.63) is 0 Å². The van der Waals surface area contributed by atoms with Gasteiger partial charge in [0.1, 0.15) is 5.78 Å². The van der Waals surface area contributed by atoms with Crippen molar-refractivity contribution < 1.29 is 4.79 Å². The summed E-state index contributed by atoms with van der Waals surface area (Å²) in [6.45, 7) is 6.80. The molecule has 1 heteroatoms. The van der Waals surface area contributed by atoms with E-state index in [1.807, 2.05) is 0 Å². The lowest BCUT2D eigenvalue weighted by atomic mass is 9.69. The Morgan fingerprint density at radius 3 is 2.67 bits per heavy atom. The van der Waals surface area contributed by atoms with Gasteiger partial charge in [0.2, 0.25) is 0 Å². The van der Waals surface area contributed by atoms with Crippen LogP contribution < -0.4 is 0 Å². The minimum Gasteiger partial charge on any atom is -0.300 e. The Bertz CT molecular complexity index is 170. The molecule has 0 aromatic rings. The summed E-state index contributed by atoms with van der Waals surface area (Å²) < 4.78 is 0. The molecule has 1 unspecified atom stereocenters. The zero-order chi connectivity index (χ0) is 9.19. The topological polar surface area (TPSA) is 17.1 Å². The lowest BCUT2D eigenvalue weighted by Gasteiger charge is -2.35. The number of hydrogen-bond acceptors (Lipinski definition) is 1. The van der Waals surface area contributed by atoms with E-state index in [9.17, 15) is 4.79 Å². The fraction of sp³-hybridized carbons (Fsp3) is 0.909. The Balaban J connectivity index is 2.56. The highest BCUT2D eigenvalue weighted by molar-refractivity contribution is 5.79. The van der Waals surface area contributed by atoms with Gasteiger partial charge in [0.15, 0.2) is 0 Å². The van der Waals surface area contributed by atoms with Crippen molar-refractivity contribution in [2.45, 2.75) is 52.9 Å². The van der Waals surface area contributed by atoms with Gasteiger partial charge in [-0.3, -0.25) is 4.79 Å². The molecule has 1 atom stereocenters. The van der Waals surface area contributed by atoms with Gasteiger partial charge in [-0.1, -0.05) is 27.2 Å². The molecule has 1 aliphatic rings. The van der Waals surface area contributed by atoms with Crippen LogP contribution in [0.15, 0.2) is 0 Å². The summed E-state index contributed by atoms with van der Waals surface area (Å²) in [6.07, 6.45) is 5.22. The molecule has 0 spiro atoms. The SMILES string of the molecule is CCC(C)(C)C1CCCC(=O)C1. The van der Waals surface area contributed by atoms with E-state index in [1.54, 1.807) is 0 Å². The fourth-order valence-electron chi connectivity index (χ4n) is 1.98. The standard InChI is InChI=1S/C11H20O/c1-4-11(2,3)9-6-5-7-10(12)8-9/h9H,4-8H2,1-3H3. The van der Waals surface area contributed by atoms with Crippen molar-refractivity contribution in [2.24, 2.45) is 11.3 Å². The van der Waals surface area contributed by atoms with Gasteiger partial charge in [-0.15, -0.1) is 0 Å². The van der Waals surface area contributed by atoms with Crippen LogP contribution in [0.3, 0.4) is 0 Å². The number of rotatable bonds is 2. The van der Waals surface area contributed by atoms with Crippen LogP contribution in [0.1, 0.15) is 52.9 Å². The molecule has 0 amide bonds. The summed E-state index contributed by atoms with van der Waals surface area (Å²) in [7, 11) is 0. The van der Waals surface area contributed by atoms with Crippen molar-refractivity contribution >= 4 is 5.78 Å². The van der Waals surface area contributed by atoms with Crippen LogP contribution in [0.5, 0.6) is 0 Å². The molecular formula is C11H20O. The van der Waals surface area contributed by atoms with Crippen LogP contribution >= 0.6 is 0 Å². The molecular weight excluding hydrogens is 148 g/mol. The highest BCUT2D eigenvalue weighted by Gasteiger charge is 2.31. The van der Waals surface area contributed by atoms with E-state index in [0.717, 1.165) is 19.3 Å². The molecule has 0 bridgehead atoms. The maximum Gasteiger partial charge on any atom is 0.133 e. The van der Waals surface area contributed by atoms with E-state index in [-0.39, 0.29) is 0 Å². The van der Waals surface area contributed by atoms with Crippen LogP contribution in [-0.4, -0.2) is 5.78 Å². The minimum absolute atomic E-state index is 0.371. The summed E-state index contributed by atoms with van der Waals surface area (Å²) >= 11 is 0. The first-order valence-corrected chi connectivity index (χ1v) is 5.08. The number of carbonyl (C=O) groups is 1. The first-order chi connectivity index (χ1) is 5.56. The average Bonchev–Trinajstić information content (AvgIpc) is 2.05. The third kappa shape index (κ3) is 2.09. The first kappa shape index (κ1) is 9.76. The molecule has 12 heavy (non-hydrogen) atoms. The zero-order valence-corrected chi connectivity index (χ0v) is 8.52. The van der Waals surface area contributed by atoms with Crippen molar-refractivity contribution in [2.75, 3.05) is 0 Å². The number of Topliss-reactive ketones (excluding diaryl/α,β-unsaturated/α-hetero) is 1. The van der Waals surface area contributed by atoms with Gasteiger partial charge in [-0.05, 0) is 24.2 Å². The smallest absolute Gasteiger partial charge is 0.133 e. The van der Waals surface area contributed by atoms with Gasteiger partial charge in [0.05, 0.1) is 0 Å². The van der Waals surface area contributed by atoms with Gasteiger partial charge in [0.25, 0.3) is 0 Å². The molecule has 0 heterocycles. The van der Waals surface area contributed by atoms with E-state index in [0.29, 0.717) is 17.1 Å². The molecule has 1 nitrogen and oxygen atoms in total. The van der Waals surface area contributed by atoms with Crippen molar-refractivity contribution in [1.82, 2.24) is 0 Å². The number of hydrogen-bond donors (Lipinski definition) is 0. The Morgan fingerprint density at radius 2 is 2.17 bits per heavy atom. The summed E-state index contributed by atoms with van der Waals surface area (Å²) in [5, 5.41) is 0. The first-order valence-electron chi connectivity index (χ1n) is 5.08. The van der Waals surface area contributed by atoms with Gasteiger partial charge in [-0.25, -0.2) is 0 Å². The van der Waals surface area contributed by atoms with Crippen LogP contribution in [0, 0.1) is 11.3 Å². The summed E-state index contributed by atoms with van der Waals surface area (Å²) in [4.78, 5) is 11.2. The second-order valence-corrected chi connectivity index (χ2v) is 4.67. The number of carbonyl (C=O) groups excluding carboxylic acids is 1. The Labute approximate surface area is 75.5 Å². The molecule has 0 saturated heterocycles.